The largest absolute Gasteiger partial charge is 0.337 e. The van der Waals surface area contributed by atoms with E-state index >= 15 is 0 Å². The molecule has 0 saturated carbocycles. The van der Waals surface area contributed by atoms with Crippen LogP contribution in [0.15, 0.2) is 0 Å². The van der Waals surface area contributed by atoms with Crippen molar-refractivity contribution in [3.05, 3.63) is 0 Å². The number of likely N-dealkylation sites (tertiary alicyclic amines) is 1. The van der Waals surface area contributed by atoms with Gasteiger partial charge in [-0.3, -0.25) is 4.79 Å². The molecule has 0 aromatic heterocycles. The smallest absolute Gasteiger partial charge is 0.223 e. The van der Waals surface area contributed by atoms with Gasteiger partial charge in [0, 0.05) is 24.5 Å². The van der Waals surface area contributed by atoms with E-state index < -0.39 is 0 Å². The number of nitrogens with two attached hydrogens (primary N) is 1. The molecule has 1 unspecified atom stereocenters. The molecule has 1 rings (SSSR count). The fourth-order valence-corrected chi connectivity index (χ4v) is 2.46. The van der Waals surface area contributed by atoms with Gasteiger partial charge in [0.05, 0.1) is 0 Å². The molecular formula is C13H26N2O. The van der Waals surface area contributed by atoms with Crippen LogP contribution in [0.2, 0.25) is 0 Å². The summed E-state index contributed by atoms with van der Waals surface area (Å²) in [5, 5.41) is 0. The van der Waals surface area contributed by atoms with Crippen molar-refractivity contribution in [1.29, 1.82) is 0 Å². The van der Waals surface area contributed by atoms with Gasteiger partial charge >= 0.3 is 0 Å². The summed E-state index contributed by atoms with van der Waals surface area (Å²) in [7, 11) is 0. The third kappa shape index (κ3) is 3.48. The molecule has 0 bridgehead atoms. The molecule has 1 amide bonds. The molecule has 2 N–H and O–H groups in total. The molecule has 0 spiro atoms. The van der Waals surface area contributed by atoms with E-state index in [-0.39, 0.29) is 11.6 Å². The van der Waals surface area contributed by atoms with Crippen molar-refractivity contribution in [3.8, 4) is 0 Å². The topological polar surface area (TPSA) is 46.3 Å². The van der Waals surface area contributed by atoms with Crippen molar-refractivity contribution in [2.75, 3.05) is 6.54 Å². The van der Waals surface area contributed by atoms with Crippen LogP contribution in [-0.2, 0) is 4.79 Å². The summed E-state index contributed by atoms with van der Waals surface area (Å²) in [5.41, 5.74) is 5.89. The molecule has 1 fully saturated rings. The van der Waals surface area contributed by atoms with Crippen LogP contribution >= 0.6 is 0 Å². The van der Waals surface area contributed by atoms with Gasteiger partial charge in [0.1, 0.15) is 0 Å². The van der Waals surface area contributed by atoms with E-state index in [4.69, 9.17) is 5.73 Å². The Bertz CT molecular complexity index is 248. The first kappa shape index (κ1) is 13.5. The maximum atomic E-state index is 12.1. The van der Waals surface area contributed by atoms with Crippen LogP contribution < -0.4 is 5.73 Å². The predicted molar refractivity (Wildman–Crippen MR) is 67.1 cm³/mol. The molecule has 3 nitrogen and oxygen atoms in total. The molecule has 94 valence electrons. The van der Waals surface area contributed by atoms with Crippen LogP contribution in [0.1, 0.15) is 53.4 Å². The second kappa shape index (κ2) is 5.17. The average molecular weight is 226 g/mol. The second-order valence-corrected chi connectivity index (χ2v) is 6.04. The van der Waals surface area contributed by atoms with Gasteiger partial charge in [0.2, 0.25) is 5.91 Å². The van der Waals surface area contributed by atoms with Crippen LogP contribution in [0, 0.1) is 5.92 Å². The first-order valence-electron chi connectivity index (χ1n) is 6.39. The van der Waals surface area contributed by atoms with Crippen molar-refractivity contribution in [2.45, 2.75) is 65.0 Å². The van der Waals surface area contributed by atoms with Crippen LogP contribution in [0.3, 0.4) is 0 Å². The highest BCUT2D eigenvalue weighted by Crippen LogP contribution is 2.27. The number of piperidine rings is 1. The summed E-state index contributed by atoms with van der Waals surface area (Å²) >= 11 is 0. The lowest BCUT2D eigenvalue weighted by molar-refractivity contribution is -0.139. The molecular weight excluding hydrogens is 200 g/mol. The number of hydrogen-bond donors (Lipinski definition) is 1. The monoisotopic (exact) mass is 226 g/mol. The minimum Gasteiger partial charge on any atom is -0.337 e. The van der Waals surface area contributed by atoms with E-state index in [9.17, 15) is 4.79 Å². The molecule has 0 aromatic carbocycles. The van der Waals surface area contributed by atoms with Gasteiger partial charge < -0.3 is 10.6 Å². The van der Waals surface area contributed by atoms with E-state index in [0.29, 0.717) is 18.2 Å². The zero-order valence-corrected chi connectivity index (χ0v) is 11.1. The summed E-state index contributed by atoms with van der Waals surface area (Å²) in [4.78, 5) is 14.1. The van der Waals surface area contributed by atoms with Gasteiger partial charge in [-0.1, -0.05) is 13.8 Å². The van der Waals surface area contributed by atoms with Crippen molar-refractivity contribution in [3.63, 3.8) is 0 Å². The third-order valence-electron chi connectivity index (χ3n) is 3.45. The standard InChI is InChI=1S/C13H26N2O/c1-10(2)5-6-12(16)15-8-7-11(14)9-13(15,3)4/h10-11H,5-9,14H2,1-4H3. The summed E-state index contributed by atoms with van der Waals surface area (Å²) < 4.78 is 0. The lowest BCUT2D eigenvalue weighted by Crippen LogP contribution is -2.55. The van der Waals surface area contributed by atoms with Crippen LogP contribution in [0.25, 0.3) is 0 Å². The van der Waals surface area contributed by atoms with Crippen LogP contribution in [-0.4, -0.2) is 28.9 Å². The van der Waals surface area contributed by atoms with Gasteiger partial charge in [-0.25, -0.2) is 0 Å². The normalized spacial score (nSPS) is 24.9. The van der Waals surface area contributed by atoms with Gasteiger partial charge in [0.25, 0.3) is 0 Å². The van der Waals surface area contributed by atoms with E-state index in [2.05, 4.69) is 27.7 Å². The van der Waals surface area contributed by atoms with E-state index in [0.717, 1.165) is 25.8 Å². The highest BCUT2D eigenvalue weighted by Gasteiger charge is 2.35. The zero-order chi connectivity index (χ0) is 12.3. The predicted octanol–water partition coefficient (Wildman–Crippen LogP) is 2.15. The first-order chi connectivity index (χ1) is 7.33. The highest BCUT2D eigenvalue weighted by atomic mass is 16.2. The number of rotatable bonds is 3. The Morgan fingerprint density at radius 2 is 2.12 bits per heavy atom. The quantitative estimate of drug-likeness (QED) is 0.801. The van der Waals surface area contributed by atoms with E-state index in [1.807, 2.05) is 4.90 Å². The number of amides is 1. The first-order valence-corrected chi connectivity index (χ1v) is 6.39. The highest BCUT2D eigenvalue weighted by molar-refractivity contribution is 5.77. The van der Waals surface area contributed by atoms with Gasteiger partial charge in [0.15, 0.2) is 0 Å². The molecule has 16 heavy (non-hydrogen) atoms. The van der Waals surface area contributed by atoms with Crippen molar-refractivity contribution < 1.29 is 4.79 Å². The number of carbonyl (C=O) groups excluding carboxylic acids is 1. The Kier molecular flexibility index (Phi) is 4.36. The van der Waals surface area contributed by atoms with E-state index in [1.54, 1.807) is 0 Å². The van der Waals surface area contributed by atoms with Crippen LogP contribution in [0.4, 0.5) is 0 Å². The van der Waals surface area contributed by atoms with Crippen LogP contribution in [0.5, 0.6) is 0 Å². The van der Waals surface area contributed by atoms with Crippen molar-refractivity contribution >= 4 is 5.91 Å². The third-order valence-corrected chi connectivity index (χ3v) is 3.45. The van der Waals surface area contributed by atoms with Gasteiger partial charge in [-0.2, -0.15) is 0 Å². The fraction of sp³-hybridized carbons (Fsp3) is 0.923. The molecule has 1 aliphatic heterocycles. The van der Waals surface area contributed by atoms with E-state index in [1.165, 1.54) is 0 Å². The van der Waals surface area contributed by atoms with Gasteiger partial charge in [-0.05, 0) is 39.0 Å². The number of nitrogens with zero attached hydrogens (tertiary/aromatic N) is 1. The Labute approximate surface area is 99.4 Å². The Hall–Kier alpha value is -0.570. The van der Waals surface area contributed by atoms with Crippen molar-refractivity contribution in [2.24, 2.45) is 11.7 Å². The Morgan fingerprint density at radius 3 is 2.62 bits per heavy atom. The molecule has 1 saturated heterocycles. The molecule has 0 aliphatic carbocycles. The maximum absolute atomic E-state index is 12.1. The number of carbonyl (C=O) groups is 1. The number of hydrogen-bond acceptors (Lipinski definition) is 2. The SMILES string of the molecule is CC(C)CCC(=O)N1CCC(N)CC1(C)C. The molecule has 0 radical (unpaired) electrons. The maximum Gasteiger partial charge on any atom is 0.223 e. The minimum atomic E-state index is -0.0638. The average Bonchev–Trinajstić information content (AvgIpc) is 2.12. The lowest BCUT2D eigenvalue weighted by Gasteiger charge is -2.45. The summed E-state index contributed by atoms with van der Waals surface area (Å²) in [6.07, 6.45) is 3.52. The Morgan fingerprint density at radius 1 is 1.50 bits per heavy atom. The minimum absolute atomic E-state index is 0.0638. The Balaban J connectivity index is 2.54. The summed E-state index contributed by atoms with van der Waals surface area (Å²) in [6, 6.07) is 0.254. The molecule has 1 aliphatic rings. The zero-order valence-electron chi connectivity index (χ0n) is 11.1. The summed E-state index contributed by atoms with van der Waals surface area (Å²) in [6.45, 7) is 9.39. The summed E-state index contributed by atoms with van der Waals surface area (Å²) in [5.74, 6) is 0.893. The molecule has 0 aromatic rings. The second-order valence-electron chi connectivity index (χ2n) is 6.04. The van der Waals surface area contributed by atoms with Gasteiger partial charge in [-0.15, -0.1) is 0 Å². The molecule has 3 heteroatoms. The van der Waals surface area contributed by atoms with Crippen molar-refractivity contribution in [1.82, 2.24) is 4.90 Å². The lowest BCUT2D eigenvalue weighted by atomic mass is 9.87. The molecule has 1 atom stereocenters. The molecule has 1 heterocycles. The fourth-order valence-electron chi connectivity index (χ4n) is 2.46.